The second-order valence-electron chi connectivity index (χ2n) is 7.20. The van der Waals surface area contributed by atoms with E-state index in [0.29, 0.717) is 36.4 Å². The van der Waals surface area contributed by atoms with Crippen molar-refractivity contribution in [3.63, 3.8) is 0 Å². The van der Waals surface area contributed by atoms with Crippen LogP contribution in [0.5, 0.6) is 0 Å². The Morgan fingerprint density at radius 3 is 2.75 bits per heavy atom. The van der Waals surface area contributed by atoms with Gasteiger partial charge in [0.25, 0.3) is 0 Å². The first-order chi connectivity index (χ1) is 10.9. The van der Waals surface area contributed by atoms with Gasteiger partial charge in [-0.25, -0.2) is 8.42 Å². The summed E-state index contributed by atoms with van der Waals surface area (Å²) in [5, 5.41) is 3.35. The molecule has 7 heteroatoms. The summed E-state index contributed by atoms with van der Waals surface area (Å²) in [5.41, 5.74) is 0. The molecule has 24 heavy (non-hydrogen) atoms. The van der Waals surface area contributed by atoms with E-state index in [1.54, 1.807) is 0 Å². The van der Waals surface area contributed by atoms with Crippen LogP contribution in [0.1, 0.15) is 33.1 Å². The monoisotopic (exact) mass is 469 g/mol. The number of nitrogens with one attached hydrogen (secondary N) is 1. The van der Waals surface area contributed by atoms with Gasteiger partial charge < -0.3 is 10.2 Å². The Labute approximate surface area is 164 Å². The molecule has 5 nitrogen and oxygen atoms in total. The number of hydrogen-bond donors (Lipinski definition) is 1. The van der Waals surface area contributed by atoms with Gasteiger partial charge in [0.05, 0.1) is 11.5 Å². The highest BCUT2D eigenvalue weighted by atomic mass is 127. The molecule has 2 aliphatic heterocycles. The molecule has 2 fully saturated rings. The Kier molecular flexibility index (Phi) is 9.05. The Balaban J connectivity index is 0.00000288. The van der Waals surface area contributed by atoms with Crippen LogP contribution in [-0.2, 0) is 9.84 Å². The van der Waals surface area contributed by atoms with E-state index in [1.165, 1.54) is 12.8 Å². The molecule has 140 valence electrons. The van der Waals surface area contributed by atoms with Gasteiger partial charge >= 0.3 is 0 Å². The fourth-order valence-corrected chi connectivity index (χ4v) is 5.26. The van der Waals surface area contributed by atoms with Crippen molar-refractivity contribution in [2.24, 2.45) is 22.7 Å². The number of halogens is 1. The average Bonchev–Trinajstić information content (AvgIpc) is 2.86. The molecule has 0 aromatic carbocycles. The minimum absolute atomic E-state index is 0. The van der Waals surface area contributed by atoms with Crippen molar-refractivity contribution in [3.05, 3.63) is 12.7 Å². The largest absolute Gasteiger partial charge is 0.353 e. The molecular formula is C17H32IN3O2S. The summed E-state index contributed by atoms with van der Waals surface area (Å²) in [5.74, 6) is 3.08. The molecule has 0 aromatic heterocycles. The first-order valence-electron chi connectivity index (χ1n) is 8.76. The minimum Gasteiger partial charge on any atom is -0.353 e. The van der Waals surface area contributed by atoms with Gasteiger partial charge in [-0.2, -0.15) is 0 Å². The summed E-state index contributed by atoms with van der Waals surface area (Å²) >= 11 is 0. The zero-order chi connectivity index (χ0) is 16.9. The maximum absolute atomic E-state index is 11.6. The van der Waals surface area contributed by atoms with E-state index in [2.05, 4.69) is 30.6 Å². The second kappa shape index (κ2) is 9.99. The minimum atomic E-state index is -2.82. The third-order valence-electron chi connectivity index (χ3n) is 4.93. The highest BCUT2D eigenvalue weighted by Gasteiger charge is 2.28. The molecule has 2 unspecified atom stereocenters. The van der Waals surface area contributed by atoms with Gasteiger partial charge in [-0.3, -0.25) is 4.99 Å². The van der Waals surface area contributed by atoms with E-state index in [-0.39, 0.29) is 29.9 Å². The molecule has 1 N–H and O–H groups in total. The molecule has 0 aromatic rings. The summed E-state index contributed by atoms with van der Waals surface area (Å²) in [6.45, 7) is 11.7. The maximum Gasteiger partial charge on any atom is 0.194 e. The molecule has 0 bridgehead atoms. The molecule has 0 aliphatic carbocycles. The van der Waals surface area contributed by atoms with Gasteiger partial charge in [-0.05, 0) is 37.0 Å². The number of rotatable bonds is 5. The molecule has 2 saturated heterocycles. The fourth-order valence-electron chi connectivity index (χ4n) is 3.41. The third-order valence-corrected chi connectivity index (χ3v) is 6.77. The first-order valence-corrected chi connectivity index (χ1v) is 10.6. The summed E-state index contributed by atoms with van der Waals surface area (Å²) in [6.07, 6.45) is 5.05. The third kappa shape index (κ3) is 6.54. The number of aliphatic imine (C=N–C) groups is 1. The summed E-state index contributed by atoms with van der Waals surface area (Å²) in [6, 6.07) is 0. The van der Waals surface area contributed by atoms with Gasteiger partial charge in [0.2, 0.25) is 0 Å². The van der Waals surface area contributed by atoms with Crippen LogP contribution in [0.25, 0.3) is 0 Å². The second-order valence-corrected chi connectivity index (χ2v) is 9.42. The van der Waals surface area contributed by atoms with Crippen LogP contribution in [0.3, 0.4) is 0 Å². The van der Waals surface area contributed by atoms with E-state index >= 15 is 0 Å². The predicted octanol–water partition coefficient (Wildman–Crippen LogP) is 2.54. The highest BCUT2D eigenvalue weighted by Crippen LogP contribution is 2.24. The molecule has 0 saturated carbocycles. The van der Waals surface area contributed by atoms with Crippen molar-refractivity contribution < 1.29 is 8.42 Å². The van der Waals surface area contributed by atoms with Crippen LogP contribution in [0.15, 0.2) is 17.6 Å². The molecule has 2 rings (SSSR count). The highest BCUT2D eigenvalue weighted by molar-refractivity contribution is 14.0. The average molecular weight is 469 g/mol. The van der Waals surface area contributed by atoms with Crippen LogP contribution in [0, 0.1) is 17.8 Å². The lowest BCUT2D eigenvalue weighted by molar-refractivity contribution is 0.206. The number of guanidine groups is 1. The summed E-state index contributed by atoms with van der Waals surface area (Å²) < 4.78 is 23.2. The summed E-state index contributed by atoms with van der Waals surface area (Å²) in [4.78, 5) is 7.08. The Morgan fingerprint density at radius 1 is 1.42 bits per heavy atom. The van der Waals surface area contributed by atoms with E-state index in [0.717, 1.165) is 25.5 Å². The Hall–Kier alpha value is -0.310. The van der Waals surface area contributed by atoms with Crippen molar-refractivity contribution in [1.82, 2.24) is 10.2 Å². The molecule has 2 atom stereocenters. The van der Waals surface area contributed by atoms with E-state index in [1.807, 2.05) is 6.08 Å². The van der Waals surface area contributed by atoms with Gasteiger partial charge in [0.1, 0.15) is 0 Å². The number of sulfone groups is 1. The normalized spacial score (nSPS) is 27.0. The topological polar surface area (TPSA) is 61.8 Å². The van der Waals surface area contributed by atoms with Crippen molar-refractivity contribution in [2.45, 2.75) is 33.1 Å². The van der Waals surface area contributed by atoms with E-state index < -0.39 is 9.84 Å². The molecule has 2 heterocycles. The van der Waals surface area contributed by atoms with Crippen molar-refractivity contribution in [2.75, 3.05) is 37.7 Å². The lowest BCUT2D eigenvalue weighted by Crippen LogP contribution is -2.47. The standard InChI is InChI=1S/C17H31N3O2S.HI/c1-4-8-18-17(19-11-15-7-10-23(21,22)13-15)20-9-5-6-16(12-20)14(2)3;/h4,14-16H,1,5-13H2,2-3H3,(H,18,19);1H. The Bertz CT molecular complexity index is 534. The smallest absolute Gasteiger partial charge is 0.194 e. The lowest BCUT2D eigenvalue weighted by Gasteiger charge is -2.37. The first kappa shape index (κ1) is 21.7. The lowest BCUT2D eigenvalue weighted by atomic mass is 9.88. The van der Waals surface area contributed by atoms with Crippen LogP contribution >= 0.6 is 24.0 Å². The molecule has 0 amide bonds. The zero-order valence-electron chi connectivity index (χ0n) is 14.9. The fraction of sp³-hybridized carbons (Fsp3) is 0.824. The van der Waals surface area contributed by atoms with E-state index in [9.17, 15) is 8.42 Å². The molecular weight excluding hydrogens is 437 g/mol. The van der Waals surface area contributed by atoms with Crippen molar-refractivity contribution in [1.29, 1.82) is 0 Å². The van der Waals surface area contributed by atoms with Gasteiger partial charge in [-0.1, -0.05) is 19.9 Å². The van der Waals surface area contributed by atoms with Crippen LogP contribution < -0.4 is 5.32 Å². The van der Waals surface area contributed by atoms with Crippen molar-refractivity contribution >= 4 is 39.8 Å². The van der Waals surface area contributed by atoms with E-state index in [4.69, 9.17) is 4.99 Å². The Morgan fingerprint density at radius 2 is 2.17 bits per heavy atom. The quantitative estimate of drug-likeness (QED) is 0.291. The van der Waals surface area contributed by atoms with Gasteiger partial charge in [-0.15, -0.1) is 30.6 Å². The zero-order valence-corrected chi connectivity index (χ0v) is 18.1. The van der Waals surface area contributed by atoms with Crippen LogP contribution in [-0.4, -0.2) is 57.0 Å². The number of nitrogens with zero attached hydrogens (tertiary/aromatic N) is 2. The molecule has 2 aliphatic rings. The van der Waals surface area contributed by atoms with Gasteiger partial charge in [0, 0.05) is 26.2 Å². The molecule has 0 spiro atoms. The van der Waals surface area contributed by atoms with Crippen LogP contribution in [0.4, 0.5) is 0 Å². The van der Waals surface area contributed by atoms with Crippen LogP contribution in [0.2, 0.25) is 0 Å². The molecule has 0 radical (unpaired) electrons. The van der Waals surface area contributed by atoms with Crippen molar-refractivity contribution in [3.8, 4) is 0 Å². The maximum atomic E-state index is 11.6. The van der Waals surface area contributed by atoms with Gasteiger partial charge in [0.15, 0.2) is 15.8 Å². The number of hydrogen-bond acceptors (Lipinski definition) is 3. The SMILES string of the molecule is C=CCNC(=NCC1CCS(=O)(=O)C1)N1CCCC(C(C)C)C1.I. The summed E-state index contributed by atoms with van der Waals surface area (Å²) in [7, 11) is -2.82. The number of likely N-dealkylation sites (tertiary alicyclic amines) is 1. The number of piperidine rings is 1. The predicted molar refractivity (Wildman–Crippen MR) is 112 cm³/mol.